The first-order valence-corrected chi connectivity index (χ1v) is 5.76. The highest BCUT2D eigenvalue weighted by atomic mass is 16.5. The van der Waals surface area contributed by atoms with Crippen molar-refractivity contribution in [2.24, 2.45) is 0 Å². The molecule has 1 aliphatic rings. The Kier molecular flexibility index (Phi) is 5.70. The van der Waals surface area contributed by atoms with Crippen molar-refractivity contribution in [3.05, 3.63) is 0 Å². The molecule has 0 bridgehead atoms. The third-order valence-electron chi connectivity index (χ3n) is 2.85. The molecule has 2 unspecified atom stereocenters. The summed E-state index contributed by atoms with van der Waals surface area (Å²) in [6, 6.07) is 0. The highest BCUT2D eigenvalue weighted by Crippen LogP contribution is 2.19. The Morgan fingerprint density at radius 3 is 2.80 bits per heavy atom. The fraction of sp³-hybridized carbons (Fsp3) is 0.833. The van der Waals surface area contributed by atoms with E-state index in [-0.39, 0.29) is 0 Å². The minimum absolute atomic E-state index is 0.372. The number of ether oxygens (including phenoxy) is 1. The van der Waals surface area contributed by atoms with Crippen molar-refractivity contribution in [3.63, 3.8) is 0 Å². The highest BCUT2D eigenvalue weighted by molar-refractivity contribution is 4.89. The molecule has 0 radical (unpaired) electrons. The highest BCUT2D eigenvalue weighted by Gasteiger charge is 2.25. The number of hydrogen-bond acceptors (Lipinski definition) is 3. The van der Waals surface area contributed by atoms with Gasteiger partial charge in [-0.15, -0.1) is 6.42 Å². The average Bonchev–Trinajstić information content (AvgIpc) is 2.66. The number of hydrogen-bond donors (Lipinski definition) is 1. The van der Waals surface area contributed by atoms with Crippen LogP contribution in [0.15, 0.2) is 0 Å². The predicted octanol–water partition coefficient (Wildman–Crippen LogP) is 0.709. The van der Waals surface area contributed by atoms with Crippen LogP contribution < -0.4 is 5.32 Å². The first-order valence-electron chi connectivity index (χ1n) is 5.76. The number of nitrogens with one attached hydrogen (secondary N) is 1. The summed E-state index contributed by atoms with van der Waals surface area (Å²) in [7, 11) is 1.97. The molecular formula is C12H22N2O. The van der Waals surface area contributed by atoms with Gasteiger partial charge in [0.15, 0.2) is 0 Å². The molecule has 1 aliphatic heterocycles. The van der Waals surface area contributed by atoms with Crippen LogP contribution in [-0.4, -0.2) is 50.3 Å². The van der Waals surface area contributed by atoms with Crippen molar-refractivity contribution >= 4 is 0 Å². The molecule has 0 aromatic carbocycles. The zero-order chi connectivity index (χ0) is 11.1. The van der Waals surface area contributed by atoms with E-state index in [0.29, 0.717) is 12.2 Å². The molecule has 0 spiro atoms. The second kappa shape index (κ2) is 6.84. The smallest absolute Gasteiger partial charge is 0.0707 e. The van der Waals surface area contributed by atoms with Crippen LogP contribution >= 0.6 is 0 Å². The summed E-state index contributed by atoms with van der Waals surface area (Å²) in [6.07, 6.45) is 8.40. The van der Waals surface area contributed by atoms with Gasteiger partial charge in [0, 0.05) is 13.1 Å². The molecule has 0 aliphatic carbocycles. The van der Waals surface area contributed by atoms with Crippen LogP contribution in [0, 0.1) is 12.3 Å². The van der Waals surface area contributed by atoms with E-state index >= 15 is 0 Å². The van der Waals surface area contributed by atoms with E-state index in [0.717, 1.165) is 32.6 Å². The summed E-state index contributed by atoms with van der Waals surface area (Å²) in [5, 5.41) is 3.15. The van der Waals surface area contributed by atoms with Gasteiger partial charge in [-0.05, 0) is 26.4 Å². The fourth-order valence-electron chi connectivity index (χ4n) is 2.01. The number of rotatable bonds is 6. The van der Waals surface area contributed by atoms with Crippen molar-refractivity contribution in [1.29, 1.82) is 0 Å². The number of terminal acetylenes is 1. The van der Waals surface area contributed by atoms with Crippen LogP contribution in [0.2, 0.25) is 0 Å². The lowest BCUT2D eigenvalue weighted by Crippen LogP contribution is -2.33. The molecule has 3 nitrogen and oxygen atoms in total. The summed E-state index contributed by atoms with van der Waals surface area (Å²) in [6.45, 7) is 5.80. The molecule has 1 heterocycles. The zero-order valence-corrected chi connectivity index (χ0v) is 9.83. The average molecular weight is 210 g/mol. The van der Waals surface area contributed by atoms with Crippen LogP contribution in [0.25, 0.3) is 0 Å². The number of likely N-dealkylation sites (N-methyl/N-ethyl adjacent to an activating group) is 2. The Morgan fingerprint density at radius 2 is 2.20 bits per heavy atom. The predicted molar refractivity (Wildman–Crippen MR) is 62.8 cm³/mol. The molecule has 0 aromatic heterocycles. The SMILES string of the molecule is C#CCN(CC)CC1CCC(CNC)O1. The van der Waals surface area contributed by atoms with E-state index in [1.807, 2.05) is 7.05 Å². The van der Waals surface area contributed by atoms with Gasteiger partial charge in [0.1, 0.15) is 0 Å². The molecule has 15 heavy (non-hydrogen) atoms. The molecule has 1 fully saturated rings. The largest absolute Gasteiger partial charge is 0.372 e. The van der Waals surface area contributed by atoms with Crippen LogP contribution in [-0.2, 0) is 4.74 Å². The van der Waals surface area contributed by atoms with E-state index in [9.17, 15) is 0 Å². The summed E-state index contributed by atoms with van der Waals surface area (Å²) in [4.78, 5) is 2.26. The fourth-order valence-corrected chi connectivity index (χ4v) is 2.01. The van der Waals surface area contributed by atoms with Gasteiger partial charge in [-0.3, -0.25) is 4.90 Å². The standard InChI is InChI=1S/C12H22N2O/c1-4-8-14(5-2)10-12-7-6-11(15-12)9-13-3/h1,11-13H,5-10H2,2-3H3. The van der Waals surface area contributed by atoms with Crippen molar-refractivity contribution < 1.29 is 4.74 Å². The minimum Gasteiger partial charge on any atom is -0.372 e. The van der Waals surface area contributed by atoms with Crippen LogP contribution in [0.4, 0.5) is 0 Å². The van der Waals surface area contributed by atoms with Gasteiger partial charge in [-0.25, -0.2) is 0 Å². The Labute approximate surface area is 93.2 Å². The Bertz CT molecular complexity index is 212. The molecular weight excluding hydrogens is 188 g/mol. The van der Waals surface area contributed by atoms with Gasteiger partial charge in [0.05, 0.1) is 18.8 Å². The molecule has 0 aromatic rings. The molecule has 1 saturated heterocycles. The molecule has 2 atom stereocenters. The second-order valence-electron chi connectivity index (χ2n) is 4.05. The van der Waals surface area contributed by atoms with Crippen molar-refractivity contribution in [2.45, 2.75) is 32.0 Å². The van der Waals surface area contributed by atoms with Gasteiger partial charge in [0.2, 0.25) is 0 Å². The molecule has 3 heteroatoms. The van der Waals surface area contributed by atoms with E-state index in [1.165, 1.54) is 6.42 Å². The van der Waals surface area contributed by atoms with Gasteiger partial charge >= 0.3 is 0 Å². The van der Waals surface area contributed by atoms with Gasteiger partial charge in [-0.1, -0.05) is 12.8 Å². The molecule has 86 valence electrons. The quantitative estimate of drug-likeness (QED) is 0.653. The summed E-state index contributed by atoms with van der Waals surface area (Å²) in [5.41, 5.74) is 0. The van der Waals surface area contributed by atoms with E-state index < -0.39 is 0 Å². The van der Waals surface area contributed by atoms with E-state index in [1.54, 1.807) is 0 Å². The van der Waals surface area contributed by atoms with E-state index in [4.69, 9.17) is 11.2 Å². The lowest BCUT2D eigenvalue weighted by molar-refractivity contribution is 0.0275. The monoisotopic (exact) mass is 210 g/mol. The summed E-state index contributed by atoms with van der Waals surface area (Å²) >= 11 is 0. The maximum atomic E-state index is 5.91. The van der Waals surface area contributed by atoms with Crippen molar-refractivity contribution in [2.75, 3.05) is 33.2 Å². The first kappa shape index (κ1) is 12.5. The van der Waals surface area contributed by atoms with Crippen LogP contribution in [0.1, 0.15) is 19.8 Å². The van der Waals surface area contributed by atoms with Crippen molar-refractivity contribution in [3.8, 4) is 12.3 Å². The van der Waals surface area contributed by atoms with E-state index in [2.05, 4.69) is 23.1 Å². The Hall–Kier alpha value is -0.560. The topological polar surface area (TPSA) is 24.5 Å². The molecule has 0 amide bonds. The third kappa shape index (κ3) is 4.21. The summed E-state index contributed by atoms with van der Waals surface area (Å²) in [5.74, 6) is 2.69. The van der Waals surface area contributed by atoms with Crippen LogP contribution in [0.3, 0.4) is 0 Å². The molecule has 1 N–H and O–H groups in total. The first-order chi connectivity index (χ1) is 7.30. The molecule has 1 rings (SSSR count). The maximum Gasteiger partial charge on any atom is 0.0707 e. The van der Waals surface area contributed by atoms with Crippen LogP contribution in [0.5, 0.6) is 0 Å². The van der Waals surface area contributed by atoms with Crippen molar-refractivity contribution in [1.82, 2.24) is 10.2 Å². The summed E-state index contributed by atoms with van der Waals surface area (Å²) < 4.78 is 5.91. The zero-order valence-electron chi connectivity index (χ0n) is 9.83. The lowest BCUT2D eigenvalue weighted by atomic mass is 10.2. The molecule has 0 saturated carbocycles. The Balaban J connectivity index is 2.25. The maximum absolute atomic E-state index is 5.91. The van der Waals surface area contributed by atoms with Gasteiger partial charge in [-0.2, -0.15) is 0 Å². The minimum atomic E-state index is 0.372. The van der Waals surface area contributed by atoms with Gasteiger partial charge in [0.25, 0.3) is 0 Å². The Morgan fingerprint density at radius 1 is 1.47 bits per heavy atom. The second-order valence-corrected chi connectivity index (χ2v) is 4.05. The van der Waals surface area contributed by atoms with Gasteiger partial charge < -0.3 is 10.1 Å². The number of nitrogens with zero attached hydrogens (tertiary/aromatic N) is 1. The normalized spacial score (nSPS) is 25.7. The third-order valence-corrected chi connectivity index (χ3v) is 2.85. The lowest BCUT2D eigenvalue weighted by Gasteiger charge is -2.22.